The van der Waals surface area contributed by atoms with E-state index in [1.165, 1.54) is 12.3 Å². The second-order valence-electron chi connectivity index (χ2n) is 6.77. The number of aromatic nitrogens is 4. The highest BCUT2D eigenvalue weighted by atomic mass is 19.4. The molecule has 4 rings (SSSR count). The summed E-state index contributed by atoms with van der Waals surface area (Å²) in [6.07, 6.45) is 2.42. The van der Waals surface area contributed by atoms with Gasteiger partial charge in [0.2, 0.25) is 0 Å². The summed E-state index contributed by atoms with van der Waals surface area (Å²) in [5.41, 5.74) is -0.0653. The molecule has 0 bridgehead atoms. The Morgan fingerprint density at radius 1 is 1.41 bits per heavy atom. The van der Waals surface area contributed by atoms with Crippen LogP contribution in [0.15, 0.2) is 47.6 Å². The summed E-state index contributed by atoms with van der Waals surface area (Å²) in [6, 6.07) is 2.06. The summed E-state index contributed by atoms with van der Waals surface area (Å²) >= 11 is 0. The molecule has 0 radical (unpaired) electrons. The van der Waals surface area contributed by atoms with E-state index < -0.39 is 24.2 Å². The number of nitrogens with zero attached hydrogens (tertiary/aromatic N) is 4. The number of rotatable bonds is 6. The van der Waals surface area contributed by atoms with Crippen LogP contribution in [0.5, 0.6) is 0 Å². The van der Waals surface area contributed by atoms with Crippen LogP contribution in [-0.2, 0) is 6.54 Å². The average molecular weight is 408 g/mol. The number of anilines is 1. The van der Waals surface area contributed by atoms with Gasteiger partial charge in [0.15, 0.2) is 11.7 Å². The van der Waals surface area contributed by atoms with Gasteiger partial charge in [0.25, 0.3) is 5.91 Å². The van der Waals surface area contributed by atoms with Crippen molar-refractivity contribution in [2.24, 2.45) is 0 Å². The summed E-state index contributed by atoms with van der Waals surface area (Å²) in [5.74, 6) is 0.00977. The first-order valence-corrected chi connectivity index (χ1v) is 9.12. The first-order chi connectivity index (χ1) is 13.9. The van der Waals surface area contributed by atoms with Gasteiger partial charge in [0.1, 0.15) is 11.6 Å². The maximum Gasteiger partial charge on any atom is 0.410 e. The van der Waals surface area contributed by atoms with Crippen LogP contribution >= 0.6 is 0 Å². The van der Waals surface area contributed by atoms with E-state index in [2.05, 4.69) is 20.7 Å². The van der Waals surface area contributed by atoms with E-state index in [4.69, 9.17) is 4.42 Å². The highest BCUT2D eigenvalue weighted by Crippen LogP contribution is 2.43. The highest BCUT2D eigenvalue weighted by Gasteiger charge is 2.47. The molecule has 8 nitrogen and oxygen atoms in total. The molecule has 2 atom stereocenters. The monoisotopic (exact) mass is 408 g/mol. The molecular formula is C18H19F3N6O2. The topological polar surface area (TPSA) is 89.9 Å². The normalized spacial score (nSPS) is 18.9. The first kappa shape index (κ1) is 19.1. The zero-order valence-electron chi connectivity index (χ0n) is 15.3. The minimum atomic E-state index is -4.51. The highest BCUT2D eigenvalue weighted by molar-refractivity contribution is 5.93. The quantitative estimate of drug-likeness (QED) is 0.612. The number of amides is 1. The van der Waals surface area contributed by atoms with Gasteiger partial charge < -0.3 is 19.6 Å². The van der Waals surface area contributed by atoms with E-state index >= 15 is 0 Å². The van der Waals surface area contributed by atoms with E-state index in [-0.39, 0.29) is 17.9 Å². The number of fused-ring (bicyclic) bond motifs is 1. The predicted octanol–water partition coefficient (Wildman–Crippen LogP) is 3.15. The molecule has 0 unspecified atom stereocenters. The lowest BCUT2D eigenvalue weighted by atomic mass is 10.0. The number of hydrogen-bond donors (Lipinski definition) is 2. The maximum absolute atomic E-state index is 13.6. The number of imidazole rings is 1. The Morgan fingerprint density at radius 3 is 2.97 bits per heavy atom. The summed E-state index contributed by atoms with van der Waals surface area (Å²) in [6.45, 7) is 1.03. The van der Waals surface area contributed by atoms with Gasteiger partial charge in [-0.2, -0.15) is 18.3 Å². The summed E-state index contributed by atoms with van der Waals surface area (Å²) in [5, 5.41) is 9.59. The van der Waals surface area contributed by atoms with Crippen molar-refractivity contribution in [3.05, 3.63) is 54.6 Å². The third kappa shape index (κ3) is 4.13. The van der Waals surface area contributed by atoms with Gasteiger partial charge in [0.05, 0.1) is 18.6 Å². The zero-order valence-corrected chi connectivity index (χ0v) is 15.3. The molecule has 2 N–H and O–H groups in total. The van der Waals surface area contributed by atoms with Gasteiger partial charge in [-0.05, 0) is 18.6 Å². The largest absolute Gasteiger partial charge is 0.467 e. The molecule has 1 amide bonds. The molecule has 154 valence electrons. The molecule has 0 saturated carbocycles. The smallest absolute Gasteiger partial charge is 0.410 e. The number of aryl methyl sites for hydroxylation is 1. The molecule has 0 aliphatic carbocycles. The lowest BCUT2D eigenvalue weighted by Gasteiger charge is -2.32. The molecular weight excluding hydrogens is 389 g/mol. The molecule has 3 aromatic heterocycles. The summed E-state index contributed by atoms with van der Waals surface area (Å²) in [7, 11) is 0. The molecule has 0 aromatic carbocycles. The second kappa shape index (κ2) is 7.64. The average Bonchev–Trinajstić information content (AvgIpc) is 3.44. The summed E-state index contributed by atoms with van der Waals surface area (Å²) in [4.78, 5) is 16.3. The Hall–Kier alpha value is -3.24. The standard InChI is InChI=1S/C18H19F3N6O2/c19-18(20,21)15-9-12(14-3-1-8-29-14)24-16-10-13(25-27(15)16)17(28)23-4-2-6-26-7-5-22-11-26/h1,3,5,7-8,10-12,15,24H,2,4,6,9H2,(H,23,28)/t12-,15-/m1/s1. The molecule has 29 heavy (non-hydrogen) atoms. The number of hydrogen-bond acceptors (Lipinski definition) is 5. The van der Waals surface area contributed by atoms with Crippen LogP contribution in [-0.4, -0.2) is 38.0 Å². The van der Waals surface area contributed by atoms with Gasteiger partial charge in [-0.1, -0.05) is 0 Å². The Morgan fingerprint density at radius 2 is 2.28 bits per heavy atom. The minimum Gasteiger partial charge on any atom is -0.467 e. The van der Waals surface area contributed by atoms with Crippen LogP contribution < -0.4 is 10.6 Å². The number of alkyl halides is 3. The number of furan rings is 1. The molecule has 1 aliphatic rings. The first-order valence-electron chi connectivity index (χ1n) is 9.12. The number of halogens is 3. The third-order valence-electron chi connectivity index (χ3n) is 4.75. The summed E-state index contributed by atoms with van der Waals surface area (Å²) < 4.78 is 48.8. The SMILES string of the molecule is O=C(NCCCn1ccnc1)c1cc2n(n1)[C@@H](C(F)(F)F)C[C@H](c1ccco1)N2. The van der Waals surface area contributed by atoms with Gasteiger partial charge in [-0.25, -0.2) is 9.67 Å². The lowest BCUT2D eigenvalue weighted by molar-refractivity contribution is -0.174. The van der Waals surface area contributed by atoms with E-state index in [1.807, 2.05) is 10.8 Å². The van der Waals surface area contributed by atoms with Gasteiger partial charge >= 0.3 is 6.18 Å². The molecule has 0 fully saturated rings. The Kier molecular flexibility index (Phi) is 5.03. The van der Waals surface area contributed by atoms with Crippen LogP contribution in [0.3, 0.4) is 0 Å². The number of nitrogens with one attached hydrogen (secondary N) is 2. The molecule has 4 heterocycles. The van der Waals surface area contributed by atoms with E-state index in [0.717, 1.165) is 4.68 Å². The van der Waals surface area contributed by atoms with Crippen molar-refractivity contribution >= 4 is 11.7 Å². The van der Waals surface area contributed by atoms with Crippen molar-refractivity contribution < 1.29 is 22.4 Å². The Labute approximate surface area is 163 Å². The molecule has 3 aromatic rings. The van der Waals surface area contributed by atoms with E-state index in [0.29, 0.717) is 25.3 Å². The molecule has 11 heteroatoms. The molecule has 0 saturated heterocycles. The van der Waals surface area contributed by atoms with Crippen molar-refractivity contribution in [2.75, 3.05) is 11.9 Å². The fourth-order valence-electron chi connectivity index (χ4n) is 3.33. The minimum absolute atomic E-state index is 0.0653. The van der Waals surface area contributed by atoms with E-state index in [9.17, 15) is 18.0 Å². The van der Waals surface area contributed by atoms with Crippen LogP contribution in [0.1, 0.15) is 41.2 Å². The zero-order chi connectivity index (χ0) is 20.4. The lowest BCUT2D eigenvalue weighted by Crippen LogP contribution is -2.35. The van der Waals surface area contributed by atoms with Crippen molar-refractivity contribution in [1.82, 2.24) is 24.6 Å². The van der Waals surface area contributed by atoms with Gasteiger partial charge in [-0.15, -0.1) is 0 Å². The van der Waals surface area contributed by atoms with E-state index in [1.54, 1.807) is 24.7 Å². The Balaban J connectivity index is 1.46. The molecule has 1 aliphatic heterocycles. The molecule has 0 spiro atoms. The van der Waals surface area contributed by atoms with Crippen molar-refractivity contribution in [3.63, 3.8) is 0 Å². The van der Waals surface area contributed by atoms with Crippen LogP contribution in [0, 0.1) is 0 Å². The van der Waals surface area contributed by atoms with Crippen LogP contribution in [0.2, 0.25) is 0 Å². The van der Waals surface area contributed by atoms with Crippen molar-refractivity contribution in [1.29, 1.82) is 0 Å². The predicted molar refractivity (Wildman–Crippen MR) is 96.2 cm³/mol. The fraction of sp³-hybridized carbons (Fsp3) is 0.389. The van der Waals surface area contributed by atoms with Gasteiger partial charge in [0, 0.05) is 38.0 Å². The third-order valence-corrected chi connectivity index (χ3v) is 4.75. The maximum atomic E-state index is 13.6. The Bertz CT molecular complexity index is 949. The fourth-order valence-corrected chi connectivity index (χ4v) is 3.33. The van der Waals surface area contributed by atoms with Crippen LogP contribution in [0.4, 0.5) is 19.0 Å². The second-order valence-corrected chi connectivity index (χ2v) is 6.77. The number of carbonyl (C=O) groups is 1. The van der Waals surface area contributed by atoms with Crippen LogP contribution in [0.25, 0.3) is 0 Å². The van der Waals surface area contributed by atoms with Gasteiger partial charge in [-0.3, -0.25) is 4.79 Å². The number of carbonyl (C=O) groups excluding carboxylic acids is 1. The van der Waals surface area contributed by atoms with Crippen molar-refractivity contribution in [3.8, 4) is 0 Å². The van der Waals surface area contributed by atoms with Crippen molar-refractivity contribution in [2.45, 2.75) is 37.6 Å².